The largest absolute Gasteiger partial charge is 0.393 e. The minimum atomic E-state index is -0.0646. The zero-order chi connectivity index (χ0) is 15.6. The van der Waals surface area contributed by atoms with Gasteiger partial charge in [-0.15, -0.1) is 0 Å². The van der Waals surface area contributed by atoms with E-state index in [0.29, 0.717) is 0 Å². The fourth-order valence-corrected chi connectivity index (χ4v) is 2.22. The highest BCUT2D eigenvalue weighted by Gasteiger charge is 2.02. The van der Waals surface area contributed by atoms with E-state index in [0.717, 1.165) is 19.3 Å². The van der Waals surface area contributed by atoms with Crippen molar-refractivity contribution in [3.8, 4) is 0 Å². The third-order valence-electron chi connectivity index (χ3n) is 3.52. The molecular weight excluding hydrogens is 256 g/mol. The molecule has 0 radical (unpaired) electrons. The third-order valence-corrected chi connectivity index (χ3v) is 3.52. The van der Waals surface area contributed by atoms with Crippen molar-refractivity contribution < 1.29 is 5.11 Å². The average Bonchev–Trinajstić information content (AvgIpc) is 2.48. The molecule has 0 bridgehead atoms. The van der Waals surface area contributed by atoms with Gasteiger partial charge in [0.25, 0.3) is 0 Å². The molecule has 0 aromatic rings. The lowest BCUT2D eigenvalue weighted by atomic mass is 10.0. The molecule has 1 atom stereocenters. The number of hydrogen-bond acceptors (Lipinski definition) is 1. The van der Waals surface area contributed by atoms with Gasteiger partial charge in [-0.05, 0) is 25.7 Å². The summed E-state index contributed by atoms with van der Waals surface area (Å²) in [4.78, 5) is 0. The Morgan fingerprint density at radius 2 is 1.43 bits per heavy atom. The Bertz CT molecular complexity index is 299. The minimum Gasteiger partial charge on any atom is -0.393 e. The smallest absolute Gasteiger partial charge is 0.0540 e. The predicted octanol–water partition coefficient (Wildman–Crippen LogP) is 6.12. The third kappa shape index (κ3) is 16.9. The van der Waals surface area contributed by atoms with Crippen LogP contribution < -0.4 is 0 Å². The number of allylic oxidation sites excluding steroid dienone is 7. The minimum absolute atomic E-state index is 0.0646. The van der Waals surface area contributed by atoms with Crippen molar-refractivity contribution in [2.24, 2.45) is 0 Å². The number of rotatable bonds is 14. The van der Waals surface area contributed by atoms with E-state index in [9.17, 15) is 5.11 Å². The van der Waals surface area contributed by atoms with Gasteiger partial charge < -0.3 is 5.11 Å². The number of hydrogen-bond donors (Lipinski definition) is 1. The van der Waals surface area contributed by atoms with Crippen molar-refractivity contribution in [3.63, 3.8) is 0 Å². The van der Waals surface area contributed by atoms with Gasteiger partial charge in [-0.25, -0.2) is 0 Å². The Labute approximate surface area is 132 Å². The lowest BCUT2D eigenvalue weighted by molar-refractivity contribution is 0.147. The Morgan fingerprint density at radius 3 is 2.14 bits per heavy atom. The van der Waals surface area contributed by atoms with Crippen LogP contribution in [-0.2, 0) is 0 Å². The summed E-state index contributed by atoms with van der Waals surface area (Å²) in [6, 6.07) is 0. The topological polar surface area (TPSA) is 20.2 Å². The first-order valence-electron chi connectivity index (χ1n) is 8.60. The molecule has 120 valence electrons. The lowest BCUT2D eigenvalue weighted by Gasteiger charge is -2.09. The Balaban J connectivity index is 3.32. The van der Waals surface area contributed by atoms with Crippen LogP contribution in [0.5, 0.6) is 0 Å². The highest BCUT2D eigenvalue weighted by Crippen LogP contribution is 2.12. The van der Waals surface area contributed by atoms with Gasteiger partial charge >= 0.3 is 0 Å². The lowest BCUT2D eigenvalue weighted by Crippen LogP contribution is -2.05. The average molecular weight is 290 g/mol. The molecule has 1 N–H and O–H groups in total. The number of unbranched alkanes of at least 4 members (excludes halogenated alkanes) is 6. The molecule has 0 aliphatic heterocycles. The van der Waals surface area contributed by atoms with Crippen molar-refractivity contribution in [3.05, 3.63) is 49.1 Å². The monoisotopic (exact) mass is 290 g/mol. The number of aliphatic hydroxyl groups is 1. The van der Waals surface area contributed by atoms with Crippen LogP contribution in [0.1, 0.15) is 71.1 Å². The summed E-state index contributed by atoms with van der Waals surface area (Å²) < 4.78 is 0. The first kappa shape index (κ1) is 19.9. The molecule has 0 aromatic heterocycles. The summed E-state index contributed by atoms with van der Waals surface area (Å²) in [7, 11) is 0. The molecule has 1 nitrogen and oxygen atoms in total. The van der Waals surface area contributed by atoms with E-state index in [1.54, 1.807) is 6.08 Å². The van der Waals surface area contributed by atoms with Gasteiger partial charge in [0.05, 0.1) is 6.10 Å². The molecule has 0 spiro atoms. The summed E-state index contributed by atoms with van der Waals surface area (Å²) in [6.45, 7) is 5.82. The fourth-order valence-electron chi connectivity index (χ4n) is 2.22. The maximum Gasteiger partial charge on any atom is 0.0540 e. The van der Waals surface area contributed by atoms with Gasteiger partial charge in [0.1, 0.15) is 0 Å². The van der Waals surface area contributed by atoms with Gasteiger partial charge in [0.2, 0.25) is 0 Å². The molecule has 0 saturated carbocycles. The first-order valence-corrected chi connectivity index (χ1v) is 8.60. The molecule has 0 fully saturated rings. The molecular formula is C20H34O. The molecule has 21 heavy (non-hydrogen) atoms. The van der Waals surface area contributed by atoms with Crippen molar-refractivity contribution in [1.82, 2.24) is 0 Å². The second kappa shape index (κ2) is 17.0. The van der Waals surface area contributed by atoms with Gasteiger partial charge in [-0.3, -0.25) is 0 Å². The molecule has 0 aromatic carbocycles. The number of aliphatic hydroxyl groups excluding tert-OH is 1. The second-order valence-corrected chi connectivity index (χ2v) is 5.57. The zero-order valence-corrected chi connectivity index (χ0v) is 13.8. The van der Waals surface area contributed by atoms with E-state index in [4.69, 9.17) is 0 Å². The maximum absolute atomic E-state index is 9.81. The van der Waals surface area contributed by atoms with E-state index in [2.05, 4.69) is 25.7 Å². The van der Waals surface area contributed by atoms with Crippen molar-refractivity contribution in [2.45, 2.75) is 77.2 Å². The van der Waals surface area contributed by atoms with Crippen LogP contribution in [-0.4, -0.2) is 11.2 Å². The fraction of sp³-hybridized carbons (Fsp3) is 0.600. The molecule has 1 heteroatoms. The molecule has 0 aliphatic rings. The molecule has 0 amide bonds. The van der Waals surface area contributed by atoms with Crippen molar-refractivity contribution in [2.75, 3.05) is 0 Å². The zero-order valence-electron chi connectivity index (χ0n) is 13.8. The Hall–Kier alpha value is -1.08. The van der Waals surface area contributed by atoms with Gasteiger partial charge in [-0.2, -0.15) is 0 Å². The van der Waals surface area contributed by atoms with E-state index in [1.165, 1.54) is 44.9 Å². The molecule has 1 unspecified atom stereocenters. The van der Waals surface area contributed by atoms with Gasteiger partial charge in [0, 0.05) is 0 Å². The Morgan fingerprint density at radius 1 is 0.810 bits per heavy atom. The maximum atomic E-state index is 9.81. The van der Waals surface area contributed by atoms with Gasteiger partial charge in [0.15, 0.2) is 0 Å². The van der Waals surface area contributed by atoms with Crippen LogP contribution in [0.15, 0.2) is 49.1 Å². The first-order chi connectivity index (χ1) is 10.3. The SMILES string of the molecule is C=C/C=C/C=C/C=C/CCCCCCC(O)CCCCC. The van der Waals surface area contributed by atoms with Crippen molar-refractivity contribution in [1.29, 1.82) is 0 Å². The highest BCUT2D eigenvalue weighted by atomic mass is 16.3. The standard InChI is InChI=1S/C20H34O/c1-3-5-7-8-9-10-11-12-13-14-15-17-19-20(21)18-16-6-4-2/h3,5,7-11,20-21H,1,4,6,12-19H2,2H3/b7-5+,9-8+,11-10+. The van der Waals surface area contributed by atoms with Crippen LogP contribution in [0.4, 0.5) is 0 Å². The summed E-state index contributed by atoms with van der Waals surface area (Å²) in [5.41, 5.74) is 0. The highest BCUT2D eigenvalue weighted by molar-refractivity contribution is 5.14. The van der Waals surface area contributed by atoms with E-state index < -0.39 is 0 Å². The summed E-state index contributed by atoms with van der Waals surface area (Å²) >= 11 is 0. The van der Waals surface area contributed by atoms with Crippen LogP contribution >= 0.6 is 0 Å². The predicted molar refractivity (Wildman–Crippen MR) is 95.5 cm³/mol. The normalized spacial score (nSPS) is 13.6. The molecule has 0 aliphatic carbocycles. The summed E-state index contributed by atoms with van der Waals surface area (Å²) in [6.07, 6.45) is 25.7. The van der Waals surface area contributed by atoms with Crippen LogP contribution in [0, 0.1) is 0 Å². The molecule has 0 heterocycles. The van der Waals surface area contributed by atoms with Crippen LogP contribution in [0.25, 0.3) is 0 Å². The summed E-state index contributed by atoms with van der Waals surface area (Å²) in [5.74, 6) is 0. The Kier molecular flexibility index (Phi) is 16.1. The summed E-state index contributed by atoms with van der Waals surface area (Å²) in [5, 5.41) is 9.81. The molecule has 0 rings (SSSR count). The quantitative estimate of drug-likeness (QED) is 0.302. The van der Waals surface area contributed by atoms with Crippen LogP contribution in [0.3, 0.4) is 0 Å². The second-order valence-electron chi connectivity index (χ2n) is 5.57. The van der Waals surface area contributed by atoms with E-state index in [-0.39, 0.29) is 6.10 Å². The van der Waals surface area contributed by atoms with Crippen molar-refractivity contribution >= 4 is 0 Å². The van der Waals surface area contributed by atoms with Crippen LogP contribution in [0.2, 0.25) is 0 Å². The molecule has 0 saturated heterocycles. The van der Waals surface area contributed by atoms with Gasteiger partial charge in [-0.1, -0.05) is 94.6 Å². The van der Waals surface area contributed by atoms with E-state index >= 15 is 0 Å². The van der Waals surface area contributed by atoms with E-state index in [1.807, 2.05) is 24.3 Å².